The number of nitrogens with zero attached hydrogens (tertiary/aromatic N) is 1. The van der Waals surface area contributed by atoms with Gasteiger partial charge in [-0.25, -0.2) is 0 Å². The van der Waals surface area contributed by atoms with E-state index in [1.807, 2.05) is 19.2 Å². The van der Waals surface area contributed by atoms with E-state index in [0.717, 1.165) is 22.2 Å². The van der Waals surface area contributed by atoms with E-state index in [2.05, 4.69) is 12.2 Å². The maximum Gasteiger partial charge on any atom is 0.236 e. The molecule has 0 aliphatic carbocycles. The number of likely N-dealkylation sites (N-methyl/N-ethyl adjacent to an activating group) is 1. The smallest absolute Gasteiger partial charge is 0.236 e. The number of halogens is 1. The Morgan fingerprint density at radius 2 is 2.31 bits per heavy atom. The van der Waals surface area contributed by atoms with Crippen molar-refractivity contribution < 1.29 is 4.79 Å². The van der Waals surface area contributed by atoms with Gasteiger partial charge in [0.2, 0.25) is 5.91 Å². The minimum Gasteiger partial charge on any atom is -0.340 e. The van der Waals surface area contributed by atoms with E-state index < -0.39 is 0 Å². The Hall–Kier alpha value is -0.580. The van der Waals surface area contributed by atoms with Crippen LogP contribution in [0.1, 0.15) is 18.2 Å². The molecule has 1 amide bonds. The predicted molar refractivity (Wildman–Crippen MR) is 69.0 cm³/mol. The molecule has 0 unspecified atom stereocenters. The summed E-state index contributed by atoms with van der Waals surface area (Å²) < 4.78 is 0.764. The lowest BCUT2D eigenvalue weighted by atomic mass is 10.4. The Balaban J connectivity index is 2.34. The van der Waals surface area contributed by atoms with Crippen molar-refractivity contribution in [2.75, 3.05) is 20.1 Å². The van der Waals surface area contributed by atoms with Crippen LogP contribution in [0.25, 0.3) is 0 Å². The minimum absolute atomic E-state index is 0.109. The molecule has 1 aromatic heterocycles. The molecule has 0 saturated heterocycles. The molecule has 5 heteroatoms. The van der Waals surface area contributed by atoms with Gasteiger partial charge in [-0.15, -0.1) is 11.3 Å². The van der Waals surface area contributed by atoms with Gasteiger partial charge in [-0.05, 0) is 25.1 Å². The van der Waals surface area contributed by atoms with Gasteiger partial charge in [0.25, 0.3) is 0 Å². The molecule has 0 bridgehead atoms. The van der Waals surface area contributed by atoms with Gasteiger partial charge in [-0.1, -0.05) is 18.5 Å². The largest absolute Gasteiger partial charge is 0.340 e. The number of amides is 1. The molecule has 0 radical (unpaired) electrons. The van der Waals surface area contributed by atoms with Crippen molar-refractivity contribution in [1.82, 2.24) is 10.2 Å². The highest BCUT2D eigenvalue weighted by Crippen LogP contribution is 2.22. The van der Waals surface area contributed by atoms with Gasteiger partial charge in [0.15, 0.2) is 0 Å². The Labute approximate surface area is 105 Å². The molecule has 1 N–H and O–H groups in total. The highest BCUT2D eigenvalue weighted by molar-refractivity contribution is 7.16. The Kier molecular flexibility index (Phi) is 5.80. The summed E-state index contributed by atoms with van der Waals surface area (Å²) in [6.07, 6.45) is 1.04. The van der Waals surface area contributed by atoms with E-state index in [1.165, 1.54) is 11.3 Å². The molecular formula is C11H17ClN2OS. The van der Waals surface area contributed by atoms with E-state index in [0.29, 0.717) is 13.1 Å². The monoisotopic (exact) mass is 260 g/mol. The third kappa shape index (κ3) is 4.51. The fourth-order valence-electron chi connectivity index (χ4n) is 1.27. The molecule has 0 aliphatic heterocycles. The maximum absolute atomic E-state index is 11.7. The fraction of sp³-hybridized carbons (Fsp3) is 0.545. The molecule has 0 fully saturated rings. The Bertz CT molecular complexity index is 340. The summed E-state index contributed by atoms with van der Waals surface area (Å²) >= 11 is 7.34. The first kappa shape index (κ1) is 13.5. The van der Waals surface area contributed by atoms with Crippen LogP contribution in [0.5, 0.6) is 0 Å². The van der Waals surface area contributed by atoms with Crippen LogP contribution in [0, 0.1) is 0 Å². The number of rotatable bonds is 6. The number of hydrogen-bond acceptors (Lipinski definition) is 3. The number of hydrogen-bond donors (Lipinski definition) is 1. The fourth-order valence-corrected chi connectivity index (χ4v) is 2.41. The number of thiophene rings is 1. The highest BCUT2D eigenvalue weighted by atomic mass is 35.5. The Morgan fingerprint density at radius 3 is 2.88 bits per heavy atom. The number of carbonyl (C=O) groups excluding carboxylic acids is 1. The van der Waals surface area contributed by atoms with Crippen molar-refractivity contribution in [3.8, 4) is 0 Å². The van der Waals surface area contributed by atoms with Crippen molar-refractivity contribution in [1.29, 1.82) is 0 Å². The highest BCUT2D eigenvalue weighted by Gasteiger charge is 2.09. The summed E-state index contributed by atoms with van der Waals surface area (Å²) in [5, 5.41) is 3.09. The maximum atomic E-state index is 11.7. The molecule has 16 heavy (non-hydrogen) atoms. The zero-order valence-electron chi connectivity index (χ0n) is 9.62. The van der Waals surface area contributed by atoms with Crippen molar-refractivity contribution in [3.63, 3.8) is 0 Å². The van der Waals surface area contributed by atoms with Crippen LogP contribution in [0.4, 0.5) is 0 Å². The first-order chi connectivity index (χ1) is 7.63. The van der Waals surface area contributed by atoms with Crippen LogP contribution >= 0.6 is 22.9 Å². The summed E-state index contributed by atoms with van der Waals surface area (Å²) in [6.45, 7) is 3.99. The van der Waals surface area contributed by atoms with Crippen molar-refractivity contribution in [2.24, 2.45) is 0 Å². The average Bonchev–Trinajstić information content (AvgIpc) is 2.64. The normalized spacial score (nSPS) is 10.4. The molecule has 90 valence electrons. The van der Waals surface area contributed by atoms with Crippen molar-refractivity contribution >= 4 is 28.8 Å². The second-order valence-electron chi connectivity index (χ2n) is 3.63. The summed E-state index contributed by atoms with van der Waals surface area (Å²) in [4.78, 5) is 14.5. The first-order valence-corrected chi connectivity index (χ1v) is 6.51. The molecule has 3 nitrogen and oxygen atoms in total. The molecule has 0 aromatic carbocycles. The molecule has 0 aliphatic rings. The molecule has 0 spiro atoms. The second-order valence-corrected chi connectivity index (χ2v) is 5.43. The molecule has 1 rings (SSSR count). The lowest BCUT2D eigenvalue weighted by Gasteiger charge is -2.16. The van der Waals surface area contributed by atoms with Crippen LogP contribution in [0.3, 0.4) is 0 Å². The molecule has 0 saturated carbocycles. The SMILES string of the molecule is CCCNCC(=O)N(C)Cc1ccc(Cl)s1. The third-order valence-corrected chi connectivity index (χ3v) is 3.37. The van der Waals surface area contributed by atoms with Crippen molar-refractivity contribution in [3.05, 3.63) is 21.3 Å². The summed E-state index contributed by atoms with van der Waals surface area (Å²) in [5.74, 6) is 0.109. The van der Waals surface area contributed by atoms with Gasteiger partial charge in [-0.2, -0.15) is 0 Å². The van der Waals surface area contributed by atoms with Gasteiger partial charge in [0.05, 0.1) is 17.4 Å². The third-order valence-electron chi connectivity index (χ3n) is 2.15. The molecule has 1 heterocycles. The minimum atomic E-state index is 0.109. The Morgan fingerprint density at radius 1 is 1.56 bits per heavy atom. The number of nitrogens with one attached hydrogen (secondary N) is 1. The quantitative estimate of drug-likeness (QED) is 0.797. The standard InChI is InChI=1S/C11H17ClN2OS/c1-3-6-13-7-11(15)14(2)8-9-4-5-10(12)16-9/h4-5,13H,3,6-8H2,1-2H3. The van der Waals surface area contributed by atoms with Crippen LogP contribution in [-0.4, -0.2) is 30.9 Å². The van der Waals surface area contributed by atoms with Crippen LogP contribution in [-0.2, 0) is 11.3 Å². The zero-order valence-corrected chi connectivity index (χ0v) is 11.2. The van der Waals surface area contributed by atoms with Gasteiger partial charge >= 0.3 is 0 Å². The van der Waals surface area contributed by atoms with Crippen LogP contribution < -0.4 is 5.32 Å². The first-order valence-electron chi connectivity index (χ1n) is 5.32. The van der Waals surface area contributed by atoms with Gasteiger partial charge in [0, 0.05) is 11.9 Å². The van der Waals surface area contributed by atoms with E-state index >= 15 is 0 Å². The summed E-state index contributed by atoms with van der Waals surface area (Å²) in [7, 11) is 1.81. The van der Waals surface area contributed by atoms with E-state index in [4.69, 9.17) is 11.6 Å². The van der Waals surface area contributed by atoms with E-state index in [1.54, 1.807) is 4.90 Å². The summed E-state index contributed by atoms with van der Waals surface area (Å²) in [5.41, 5.74) is 0. The molecule has 1 aromatic rings. The van der Waals surface area contributed by atoms with Crippen LogP contribution in [0.2, 0.25) is 4.34 Å². The lowest BCUT2D eigenvalue weighted by molar-refractivity contribution is -0.129. The summed E-state index contributed by atoms with van der Waals surface area (Å²) in [6, 6.07) is 3.81. The second kappa shape index (κ2) is 6.89. The average molecular weight is 261 g/mol. The van der Waals surface area contributed by atoms with Gasteiger partial charge in [-0.3, -0.25) is 4.79 Å². The molecular weight excluding hydrogens is 244 g/mol. The predicted octanol–water partition coefficient (Wildman–Crippen LogP) is 2.36. The van der Waals surface area contributed by atoms with E-state index in [-0.39, 0.29) is 5.91 Å². The van der Waals surface area contributed by atoms with Gasteiger partial charge in [0.1, 0.15) is 0 Å². The zero-order chi connectivity index (χ0) is 12.0. The van der Waals surface area contributed by atoms with E-state index in [9.17, 15) is 4.79 Å². The lowest BCUT2D eigenvalue weighted by Crippen LogP contribution is -2.35. The molecule has 0 atom stereocenters. The van der Waals surface area contributed by atoms with Gasteiger partial charge < -0.3 is 10.2 Å². The topological polar surface area (TPSA) is 32.3 Å². The number of carbonyl (C=O) groups is 1. The van der Waals surface area contributed by atoms with Crippen molar-refractivity contribution in [2.45, 2.75) is 19.9 Å². The van der Waals surface area contributed by atoms with Crippen LogP contribution in [0.15, 0.2) is 12.1 Å².